The van der Waals surface area contributed by atoms with Crippen molar-refractivity contribution >= 4 is 11.9 Å². The molecule has 2 heterocycles. The molecule has 0 saturated carbocycles. The predicted molar refractivity (Wildman–Crippen MR) is 78.1 cm³/mol. The van der Waals surface area contributed by atoms with Crippen molar-refractivity contribution in [3.63, 3.8) is 0 Å². The number of nitrogens with zero attached hydrogens (tertiary/aromatic N) is 4. The third-order valence-corrected chi connectivity index (χ3v) is 2.88. The molecule has 0 spiro atoms. The van der Waals surface area contributed by atoms with Crippen molar-refractivity contribution < 1.29 is 9.53 Å². The van der Waals surface area contributed by atoms with E-state index in [0.717, 1.165) is 19.5 Å². The number of anilines is 1. The summed E-state index contributed by atoms with van der Waals surface area (Å²) in [6.45, 7) is 5.44. The molecule has 0 atom stereocenters. The van der Waals surface area contributed by atoms with Gasteiger partial charge in [0.1, 0.15) is 0 Å². The van der Waals surface area contributed by atoms with Crippen LogP contribution in [0.4, 0.5) is 5.95 Å². The fraction of sp³-hybridized carbons (Fsp3) is 0.429. The number of nitrogens with one attached hydrogen (secondary N) is 1. The van der Waals surface area contributed by atoms with Crippen molar-refractivity contribution in [3.8, 4) is 0 Å². The number of aromatic nitrogens is 4. The average molecular weight is 289 g/mol. The Labute approximate surface area is 123 Å². The summed E-state index contributed by atoms with van der Waals surface area (Å²) in [5.41, 5.74) is 1.01. The van der Waals surface area contributed by atoms with Crippen LogP contribution in [0.25, 0.3) is 0 Å². The average Bonchev–Trinajstić information content (AvgIpc) is 2.97. The molecule has 0 radical (unpaired) electrons. The first-order valence-electron chi connectivity index (χ1n) is 6.92. The molecule has 0 aliphatic carbocycles. The molecular weight excluding hydrogens is 270 g/mol. The van der Waals surface area contributed by atoms with Crippen molar-refractivity contribution in [2.45, 2.75) is 26.8 Å². The number of hydrogen-bond donors (Lipinski definition) is 1. The van der Waals surface area contributed by atoms with Gasteiger partial charge in [0.25, 0.3) is 0 Å². The Morgan fingerprint density at radius 1 is 1.48 bits per heavy atom. The lowest BCUT2D eigenvalue weighted by Crippen LogP contribution is -2.13. The fourth-order valence-electron chi connectivity index (χ4n) is 1.84. The van der Waals surface area contributed by atoms with Gasteiger partial charge in [-0.2, -0.15) is 5.10 Å². The van der Waals surface area contributed by atoms with E-state index in [4.69, 9.17) is 4.74 Å². The van der Waals surface area contributed by atoms with Crippen molar-refractivity contribution in [1.82, 2.24) is 19.7 Å². The molecule has 0 aliphatic rings. The fourth-order valence-corrected chi connectivity index (χ4v) is 1.84. The molecule has 112 valence electrons. The largest absolute Gasteiger partial charge is 0.462 e. The second-order valence-electron chi connectivity index (χ2n) is 4.46. The highest BCUT2D eigenvalue weighted by atomic mass is 16.5. The molecule has 1 N–H and O–H groups in total. The normalized spacial score (nSPS) is 10.4. The molecule has 0 aromatic carbocycles. The maximum absolute atomic E-state index is 11.6. The van der Waals surface area contributed by atoms with Crippen LogP contribution in [-0.2, 0) is 11.3 Å². The van der Waals surface area contributed by atoms with Crippen LogP contribution in [0.2, 0.25) is 0 Å². The molecular formula is C14H19N5O2. The highest BCUT2D eigenvalue weighted by Gasteiger charge is 2.12. The lowest BCUT2D eigenvalue weighted by molar-refractivity contribution is 0.0524. The lowest BCUT2D eigenvalue weighted by atomic mass is 10.2. The summed E-state index contributed by atoms with van der Waals surface area (Å²) >= 11 is 0. The molecule has 2 aromatic heterocycles. The van der Waals surface area contributed by atoms with E-state index in [1.807, 2.05) is 16.9 Å². The standard InChI is InChI=1S/C14H19N5O2/c1-3-21-13(20)12-10-16-14(18-11(12)2)15-6-4-8-19-9-5-7-17-19/h5,7,9-10H,3-4,6,8H2,1-2H3,(H,15,16,18). The van der Waals surface area contributed by atoms with Gasteiger partial charge in [0.05, 0.1) is 17.9 Å². The Morgan fingerprint density at radius 3 is 3.00 bits per heavy atom. The molecule has 0 bridgehead atoms. The Morgan fingerprint density at radius 2 is 2.33 bits per heavy atom. The number of rotatable bonds is 7. The van der Waals surface area contributed by atoms with Crippen molar-refractivity contribution in [3.05, 3.63) is 35.9 Å². The number of esters is 1. The third-order valence-electron chi connectivity index (χ3n) is 2.88. The van der Waals surface area contributed by atoms with E-state index in [1.165, 1.54) is 6.20 Å². The van der Waals surface area contributed by atoms with Crippen LogP contribution in [0.15, 0.2) is 24.7 Å². The zero-order chi connectivity index (χ0) is 15.1. The van der Waals surface area contributed by atoms with Gasteiger partial charge in [-0.05, 0) is 26.3 Å². The molecule has 2 aromatic rings. The Hall–Kier alpha value is -2.44. The molecule has 7 nitrogen and oxygen atoms in total. The zero-order valence-corrected chi connectivity index (χ0v) is 12.2. The Balaban J connectivity index is 1.84. The predicted octanol–water partition coefficient (Wildman–Crippen LogP) is 1.66. The number of ether oxygens (including phenoxy) is 1. The van der Waals surface area contributed by atoms with Crippen LogP contribution >= 0.6 is 0 Å². The summed E-state index contributed by atoms with van der Waals surface area (Å²) < 4.78 is 6.81. The lowest BCUT2D eigenvalue weighted by Gasteiger charge is -2.08. The molecule has 21 heavy (non-hydrogen) atoms. The highest BCUT2D eigenvalue weighted by Crippen LogP contribution is 2.08. The van der Waals surface area contributed by atoms with Gasteiger partial charge in [0.15, 0.2) is 0 Å². The summed E-state index contributed by atoms with van der Waals surface area (Å²) in [6.07, 6.45) is 6.09. The van der Waals surface area contributed by atoms with Gasteiger partial charge >= 0.3 is 5.97 Å². The molecule has 0 saturated heterocycles. The SMILES string of the molecule is CCOC(=O)c1cnc(NCCCn2cccn2)nc1C. The van der Waals surface area contributed by atoms with Crippen LogP contribution < -0.4 is 5.32 Å². The van der Waals surface area contributed by atoms with Crippen LogP contribution in [0.3, 0.4) is 0 Å². The van der Waals surface area contributed by atoms with Crippen LogP contribution in [0, 0.1) is 6.92 Å². The van der Waals surface area contributed by atoms with Gasteiger partial charge in [0.2, 0.25) is 5.95 Å². The molecule has 7 heteroatoms. The summed E-state index contributed by atoms with van der Waals surface area (Å²) in [6, 6.07) is 1.90. The molecule has 2 rings (SSSR count). The van der Waals surface area contributed by atoms with E-state index in [0.29, 0.717) is 23.8 Å². The zero-order valence-electron chi connectivity index (χ0n) is 12.2. The van der Waals surface area contributed by atoms with Crippen LogP contribution in [0.5, 0.6) is 0 Å². The van der Waals surface area contributed by atoms with Gasteiger partial charge in [-0.1, -0.05) is 0 Å². The summed E-state index contributed by atoms with van der Waals surface area (Å²) in [4.78, 5) is 20.0. The maximum Gasteiger partial charge on any atom is 0.341 e. The second-order valence-corrected chi connectivity index (χ2v) is 4.46. The Bertz CT molecular complexity index is 583. The van der Waals surface area contributed by atoms with Crippen molar-refractivity contribution in [2.75, 3.05) is 18.5 Å². The molecule has 0 amide bonds. The Kier molecular flexibility index (Phi) is 5.25. The first-order chi connectivity index (χ1) is 10.2. The van der Waals surface area contributed by atoms with Gasteiger partial charge < -0.3 is 10.1 Å². The molecule has 0 fully saturated rings. The first kappa shape index (κ1) is 15.0. The van der Waals surface area contributed by atoms with Crippen molar-refractivity contribution in [1.29, 1.82) is 0 Å². The highest BCUT2D eigenvalue weighted by molar-refractivity contribution is 5.90. The topological polar surface area (TPSA) is 81.9 Å². The van der Waals surface area contributed by atoms with Gasteiger partial charge in [-0.15, -0.1) is 0 Å². The summed E-state index contributed by atoms with van der Waals surface area (Å²) in [5.74, 6) is 0.126. The first-order valence-corrected chi connectivity index (χ1v) is 6.92. The number of carbonyl (C=O) groups excluding carboxylic acids is 1. The summed E-state index contributed by atoms with van der Waals surface area (Å²) in [7, 11) is 0. The second kappa shape index (κ2) is 7.37. The van der Waals surface area contributed by atoms with Gasteiger partial charge in [-0.3, -0.25) is 4.68 Å². The third kappa shape index (κ3) is 4.27. The number of hydrogen-bond acceptors (Lipinski definition) is 6. The number of aryl methyl sites for hydroxylation is 2. The minimum absolute atomic E-state index is 0.339. The van der Waals surface area contributed by atoms with E-state index in [2.05, 4.69) is 20.4 Å². The molecule has 0 aliphatic heterocycles. The van der Waals surface area contributed by atoms with E-state index in [9.17, 15) is 4.79 Å². The monoisotopic (exact) mass is 289 g/mol. The van der Waals surface area contributed by atoms with Crippen molar-refractivity contribution in [2.24, 2.45) is 0 Å². The smallest absolute Gasteiger partial charge is 0.341 e. The van der Waals surface area contributed by atoms with Gasteiger partial charge in [-0.25, -0.2) is 14.8 Å². The molecule has 0 unspecified atom stereocenters. The number of carbonyl (C=O) groups is 1. The van der Waals surface area contributed by atoms with Gasteiger partial charge in [0, 0.05) is 31.7 Å². The minimum atomic E-state index is -0.389. The minimum Gasteiger partial charge on any atom is -0.462 e. The van der Waals surface area contributed by atoms with Crippen LogP contribution in [-0.4, -0.2) is 38.9 Å². The van der Waals surface area contributed by atoms with Crippen LogP contribution in [0.1, 0.15) is 29.4 Å². The maximum atomic E-state index is 11.6. The van der Waals surface area contributed by atoms with E-state index < -0.39 is 0 Å². The van der Waals surface area contributed by atoms with E-state index in [1.54, 1.807) is 20.0 Å². The quantitative estimate of drug-likeness (QED) is 0.616. The van der Waals surface area contributed by atoms with E-state index >= 15 is 0 Å². The van der Waals surface area contributed by atoms with E-state index in [-0.39, 0.29) is 5.97 Å². The summed E-state index contributed by atoms with van der Waals surface area (Å²) in [5, 5.41) is 7.26.